The summed E-state index contributed by atoms with van der Waals surface area (Å²) in [5.41, 5.74) is 9.63. The molecule has 6 aliphatic rings. The van der Waals surface area contributed by atoms with Crippen LogP contribution in [0.25, 0.3) is 47.6 Å². The minimum absolute atomic E-state index is 0.392. The van der Waals surface area contributed by atoms with Crippen LogP contribution in [0.3, 0.4) is 0 Å². The Balaban J connectivity index is 1.08. The van der Waals surface area contributed by atoms with Crippen LogP contribution in [-0.2, 0) is 12.3 Å². The highest BCUT2D eigenvalue weighted by Gasteiger charge is 2.35. The molecular formula is C50H44P2. The maximum Gasteiger partial charge on any atom is -0.00261 e. The summed E-state index contributed by atoms with van der Waals surface area (Å²) in [6.45, 7) is 0. The molecule has 0 nitrogen and oxygen atoms in total. The summed E-state index contributed by atoms with van der Waals surface area (Å²) in [4.78, 5) is 0. The Morgan fingerprint density at radius 3 is 1.35 bits per heavy atom. The van der Waals surface area contributed by atoms with Gasteiger partial charge >= 0.3 is 0 Å². The van der Waals surface area contributed by atoms with E-state index in [1.807, 2.05) is 0 Å². The van der Waals surface area contributed by atoms with E-state index >= 15 is 0 Å². The summed E-state index contributed by atoms with van der Waals surface area (Å²) in [6, 6.07) is 38.3. The van der Waals surface area contributed by atoms with E-state index in [9.17, 15) is 0 Å². The Labute approximate surface area is 308 Å². The average Bonchev–Trinajstić information content (AvgIpc) is 3.49. The first-order valence-electron chi connectivity index (χ1n) is 19.6. The Morgan fingerprint density at radius 2 is 0.846 bits per heavy atom. The van der Waals surface area contributed by atoms with Gasteiger partial charge in [-0.25, -0.2) is 0 Å². The van der Waals surface area contributed by atoms with E-state index in [0.29, 0.717) is 11.8 Å². The summed E-state index contributed by atoms with van der Waals surface area (Å²) < 4.78 is 0. The number of fused-ring (bicyclic) bond motifs is 12. The fourth-order valence-corrected chi connectivity index (χ4v) is 16.8. The monoisotopic (exact) mass is 706 g/mol. The SMILES string of the molecule is C1=c2ccccc2=C2c3c(ccc4c3=CCCC=4)CP(c3ccccc3P3Cc4ccc5c(c4C4=c6ccccc6=CCC4C3)=CCCC=5)CC2C1. The Morgan fingerprint density at radius 1 is 0.404 bits per heavy atom. The van der Waals surface area contributed by atoms with Gasteiger partial charge in [0.15, 0.2) is 0 Å². The molecule has 5 aromatic rings. The molecule has 0 fully saturated rings. The molecule has 0 bridgehead atoms. The molecule has 0 aromatic heterocycles. The van der Waals surface area contributed by atoms with Crippen LogP contribution >= 0.6 is 15.8 Å². The second kappa shape index (κ2) is 12.8. The second-order valence-electron chi connectivity index (χ2n) is 15.7. The number of hydrogen-bond acceptors (Lipinski definition) is 0. The average molecular weight is 707 g/mol. The van der Waals surface area contributed by atoms with E-state index in [-0.39, 0.29) is 0 Å². The molecule has 0 saturated heterocycles. The van der Waals surface area contributed by atoms with Gasteiger partial charge in [0.05, 0.1) is 0 Å². The first kappa shape index (κ1) is 31.4. The molecule has 4 unspecified atom stereocenters. The van der Waals surface area contributed by atoms with Crippen molar-refractivity contribution in [2.75, 3.05) is 12.3 Å². The van der Waals surface area contributed by atoms with E-state index in [1.54, 1.807) is 44.0 Å². The van der Waals surface area contributed by atoms with Crippen LogP contribution in [-0.4, -0.2) is 12.3 Å². The zero-order valence-corrected chi connectivity index (χ0v) is 31.6. The topological polar surface area (TPSA) is 0 Å². The molecule has 0 amide bonds. The predicted octanol–water partition coefficient (Wildman–Crippen LogP) is 5.04. The van der Waals surface area contributed by atoms with Crippen LogP contribution in [0, 0.1) is 11.8 Å². The third kappa shape index (κ3) is 5.09. The van der Waals surface area contributed by atoms with Crippen molar-refractivity contribution in [2.24, 2.45) is 11.8 Å². The highest BCUT2D eigenvalue weighted by molar-refractivity contribution is 7.71. The zero-order chi connectivity index (χ0) is 34.2. The number of rotatable bonds is 2. The maximum absolute atomic E-state index is 2.57. The fraction of sp³-hybridized carbons (Fsp3) is 0.240. The zero-order valence-electron chi connectivity index (χ0n) is 29.8. The van der Waals surface area contributed by atoms with Gasteiger partial charge in [0.1, 0.15) is 0 Å². The van der Waals surface area contributed by atoms with Crippen molar-refractivity contribution < 1.29 is 0 Å². The quantitative estimate of drug-likeness (QED) is 0.226. The van der Waals surface area contributed by atoms with E-state index in [1.165, 1.54) is 66.4 Å². The Kier molecular flexibility index (Phi) is 7.74. The molecule has 5 aromatic carbocycles. The minimum Gasteiger partial charge on any atom is -0.0763 e. The van der Waals surface area contributed by atoms with Crippen molar-refractivity contribution in [2.45, 2.75) is 50.8 Å². The summed E-state index contributed by atoms with van der Waals surface area (Å²) >= 11 is 0. The molecule has 2 heterocycles. The molecule has 11 rings (SSSR count). The van der Waals surface area contributed by atoms with E-state index < -0.39 is 15.8 Å². The molecular weight excluding hydrogens is 662 g/mol. The third-order valence-electron chi connectivity index (χ3n) is 12.8. The molecule has 52 heavy (non-hydrogen) atoms. The van der Waals surface area contributed by atoms with Crippen molar-refractivity contribution in [3.8, 4) is 0 Å². The van der Waals surface area contributed by atoms with Gasteiger partial charge in [-0.2, -0.15) is 0 Å². The van der Waals surface area contributed by atoms with Crippen molar-refractivity contribution in [1.29, 1.82) is 0 Å². The highest BCUT2D eigenvalue weighted by atomic mass is 31.1. The Bertz CT molecular complexity index is 2650. The highest BCUT2D eigenvalue weighted by Crippen LogP contribution is 2.52. The second-order valence-corrected chi connectivity index (χ2v) is 20.2. The van der Waals surface area contributed by atoms with Crippen molar-refractivity contribution in [3.63, 3.8) is 0 Å². The number of hydrogen-bond donors (Lipinski definition) is 0. The lowest BCUT2D eigenvalue weighted by atomic mass is 9.82. The number of benzene rings is 5. The van der Waals surface area contributed by atoms with Crippen LogP contribution in [0.1, 0.15) is 60.8 Å². The van der Waals surface area contributed by atoms with Gasteiger partial charge in [0.2, 0.25) is 0 Å². The van der Waals surface area contributed by atoms with Crippen LogP contribution in [0.4, 0.5) is 0 Å². The van der Waals surface area contributed by atoms with Crippen molar-refractivity contribution in [3.05, 3.63) is 161 Å². The minimum atomic E-state index is -0.392. The molecule has 0 radical (unpaired) electrons. The van der Waals surface area contributed by atoms with Crippen molar-refractivity contribution >= 4 is 74.1 Å². The molecule has 4 aliphatic carbocycles. The predicted molar refractivity (Wildman–Crippen MR) is 226 cm³/mol. The molecule has 2 heteroatoms. The lowest BCUT2D eigenvalue weighted by Crippen LogP contribution is -2.38. The molecule has 2 aliphatic heterocycles. The first-order valence-corrected chi connectivity index (χ1v) is 23.0. The fourth-order valence-electron chi connectivity index (χ4n) is 10.5. The largest absolute Gasteiger partial charge is 0.0763 e. The maximum atomic E-state index is 2.57. The lowest BCUT2D eigenvalue weighted by molar-refractivity contribution is 0.783. The van der Waals surface area contributed by atoms with E-state index in [0.717, 1.165) is 38.5 Å². The lowest BCUT2D eigenvalue weighted by Gasteiger charge is -2.29. The Hall–Kier alpha value is -4.08. The summed E-state index contributed by atoms with van der Waals surface area (Å²) in [7, 11) is -0.784. The summed E-state index contributed by atoms with van der Waals surface area (Å²) in [5.74, 6) is 1.12. The third-order valence-corrected chi connectivity index (χ3v) is 18.3. The van der Waals surface area contributed by atoms with E-state index in [2.05, 4.69) is 134 Å². The van der Waals surface area contributed by atoms with Crippen LogP contribution in [0.5, 0.6) is 0 Å². The molecule has 0 N–H and O–H groups in total. The van der Waals surface area contributed by atoms with Crippen LogP contribution in [0.2, 0.25) is 0 Å². The summed E-state index contributed by atoms with van der Waals surface area (Å²) in [6.07, 6.45) is 27.0. The molecule has 0 saturated carbocycles. The van der Waals surface area contributed by atoms with Gasteiger partial charge in [-0.3, -0.25) is 0 Å². The first-order chi connectivity index (χ1) is 25.8. The smallest absolute Gasteiger partial charge is 0.00261 e. The van der Waals surface area contributed by atoms with Gasteiger partial charge in [0, 0.05) is 0 Å². The van der Waals surface area contributed by atoms with Crippen molar-refractivity contribution in [1.82, 2.24) is 0 Å². The van der Waals surface area contributed by atoms with Gasteiger partial charge in [-0.05, 0) is 161 Å². The van der Waals surface area contributed by atoms with Crippen LogP contribution in [0.15, 0.2) is 97.1 Å². The van der Waals surface area contributed by atoms with Gasteiger partial charge < -0.3 is 0 Å². The summed E-state index contributed by atoms with van der Waals surface area (Å²) in [5, 5.41) is 15.2. The standard InChI is InChI=1S/C50H44P2/c1-5-15-41-33(11-1)21-25-37-29-51(30-38-26-22-34-12-2-6-16-42(34)48(38)47(37)41)45-19-9-10-20-46(45)52-31-39-27-23-35-13-3-7-17-43(35)49(39)50-40(32-52)28-24-36-14-4-8-18-44(36)50/h1,3,5,7,9-24,26,28,37,39H,2,4,6,8,25,27,29-32H2. The normalized spacial score (nSPS) is 23.5. The van der Waals surface area contributed by atoms with Gasteiger partial charge in [-0.15, -0.1) is 0 Å². The molecule has 0 spiro atoms. The molecule has 4 atom stereocenters. The van der Waals surface area contributed by atoms with Gasteiger partial charge in [-0.1, -0.05) is 149 Å². The van der Waals surface area contributed by atoms with E-state index in [4.69, 9.17) is 0 Å². The van der Waals surface area contributed by atoms with Crippen LogP contribution < -0.4 is 52.4 Å². The molecule has 254 valence electrons. The van der Waals surface area contributed by atoms with Gasteiger partial charge in [0.25, 0.3) is 0 Å².